The summed E-state index contributed by atoms with van der Waals surface area (Å²) in [5, 5.41) is 0. The van der Waals surface area contributed by atoms with Gasteiger partial charge in [0.05, 0.1) is 0 Å². The van der Waals surface area contributed by atoms with Gasteiger partial charge in [-0.25, -0.2) is 0 Å². The lowest BCUT2D eigenvalue weighted by Gasteiger charge is -2.28. The topological polar surface area (TPSA) is 26.3 Å². The summed E-state index contributed by atoms with van der Waals surface area (Å²) < 4.78 is 5.26. The molecule has 1 rings (SSSR count). The van der Waals surface area contributed by atoms with Crippen LogP contribution < -0.4 is 0 Å². The Hall–Kier alpha value is -0.790. The molecule has 0 radical (unpaired) electrons. The first-order valence-corrected chi connectivity index (χ1v) is 5.40. The van der Waals surface area contributed by atoms with Crippen LogP contribution in [0.5, 0.6) is 0 Å². The third-order valence-electron chi connectivity index (χ3n) is 2.81. The van der Waals surface area contributed by atoms with Crippen molar-refractivity contribution in [3.8, 4) is 0 Å². The van der Waals surface area contributed by atoms with Crippen LogP contribution in [-0.4, -0.2) is 5.97 Å². The zero-order chi connectivity index (χ0) is 10.7. The standard InChI is InChI=1S/C12H20O2/c1-8(2)11-6-5-9(3)7-12(11)14-10(4)13/h7-9,11H,5-6H2,1-4H3. The molecule has 2 nitrogen and oxygen atoms in total. The zero-order valence-electron chi connectivity index (χ0n) is 9.54. The number of carbonyl (C=O) groups is 1. The maximum atomic E-state index is 10.9. The Balaban J connectivity index is 2.76. The fourth-order valence-corrected chi connectivity index (χ4v) is 2.01. The van der Waals surface area contributed by atoms with Crippen molar-refractivity contribution < 1.29 is 9.53 Å². The predicted octanol–water partition coefficient (Wildman–Crippen LogP) is 3.14. The molecule has 2 heteroatoms. The van der Waals surface area contributed by atoms with Crippen molar-refractivity contribution in [2.45, 2.75) is 40.5 Å². The second-order valence-corrected chi connectivity index (χ2v) is 4.57. The Morgan fingerprint density at radius 2 is 2.14 bits per heavy atom. The molecule has 0 bridgehead atoms. The van der Waals surface area contributed by atoms with E-state index in [0.29, 0.717) is 17.8 Å². The minimum absolute atomic E-state index is 0.198. The maximum Gasteiger partial charge on any atom is 0.307 e. The maximum absolute atomic E-state index is 10.9. The van der Waals surface area contributed by atoms with Gasteiger partial charge in [-0.3, -0.25) is 4.79 Å². The minimum Gasteiger partial charge on any atom is -0.431 e. The summed E-state index contributed by atoms with van der Waals surface area (Å²) >= 11 is 0. The van der Waals surface area contributed by atoms with Crippen LogP contribution in [0, 0.1) is 17.8 Å². The van der Waals surface area contributed by atoms with Crippen molar-refractivity contribution in [3.05, 3.63) is 11.8 Å². The molecule has 0 aromatic carbocycles. The molecule has 0 heterocycles. The lowest BCUT2D eigenvalue weighted by Crippen LogP contribution is -2.21. The molecule has 0 amide bonds. The van der Waals surface area contributed by atoms with Gasteiger partial charge in [-0.1, -0.05) is 20.8 Å². The number of allylic oxidation sites excluding steroid dienone is 2. The Morgan fingerprint density at radius 3 is 2.64 bits per heavy atom. The molecular weight excluding hydrogens is 176 g/mol. The smallest absolute Gasteiger partial charge is 0.307 e. The average Bonchev–Trinajstić information content (AvgIpc) is 2.01. The van der Waals surface area contributed by atoms with Crippen LogP contribution in [0.1, 0.15) is 40.5 Å². The summed E-state index contributed by atoms with van der Waals surface area (Å²) in [4.78, 5) is 10.9. The van der Waals surface area contributed by atoms with Crippen LogP contribution in [0.2, 0.25) is 0 Å². The molecule has 2 unspecified atom stereocenters. The van der Waals surface area contributed by atoms with Gasteiger partial charge >= 0.3 is 5.97 Å². The highest BCUT2D eigenvalue weighted by atomic mass is 16.5. The molecular formula is C12H20O2. The fraction of sp³-hybridized carbons (Fsp3) is 0.750. The SMILES string of the molecule is CC(=O)OC1=CC(C)CCC1C(C)C. The van der Waals surface area contributed by atoms with Crippen LogP contribution in [0.25, 0.3) is 0 Å². The van der Waals surface area contributed by atoms with Crippen LogP contribution in [-0.2, 0) is 9.53 Å². The molecule has 0 aliphatic heterocycles. The van der Waals surface area contributed by atoms with E-state index >= 15 is 0 Å². The summed E-state index contributed by atoms with van der Waals surface area (Å²) in [6.07, 6.45) is 4.45. The Kier molecular flexibility index (Phi) is 3.73. The molecule has 2 atom stereocenters. The van der Waals surface area contributed by atoms with E-state index < -0.39 is 0 Å². The third kappa shape index (κ3) is 2.86. The first kappa shape index (κ1) is 11.3. The minimum atomic E-state index is -0.198. The number of ether oxygens (including phenoxy) is 1. The average molecular weight is 196 g/mol. The lowest BCUT2D eigenvalue weighted by atomic mass is 9.81. The molecule has 0 saturated heterocycles. The Bertz CT molecular complexity index is 241. The van der Waals surface area contributed by atoms with E-state index in [0.717, 1.165) is 12.2 Å². The van der Waals surface area contributed by atoms with Crippen molar-refractivity contribution in [2.75, 3.05) is 0 Å². The van der Waals surface area contributed by atoms with Gasteiger partial charge in [0.15, 0.2) is 0 Å². The Morgan fingerprint density at radius 1 is 1.50 bits per heavy atom. The molecule has 1 aliphatic carbocycles. The molecule has 0 spiro atoms. The third-order valence-corrected chi connectivity index (χ3v) is 2.81. The number of hydrogen-bond acceptors (Lipinski definition) is 2. The van der Waals surface area contributed by atoms with Gasteiger partial charge in [-0.2, -0.15) is 0 Å². The van der Waals surface area contributed by atoms with Crippen molar-refractivity contribution in [1.29, 1.82) is 0 Å². The molecule has 14 heavy (non-hydrogen) atoms. The van der Waals surface area contributed by atoms with E-state index in [9.17, 15) is 4.79 Å². The normalized spacial score (nSPS) is 27.4. The van der Waals surface area contributed by atoms with Gasteiger partial charge in [0, 0.05) is 12.8 Å². The molecule has 0 aromatic heterocycles. The van der Waals surface area contributed by atoms with Crippen LogP contribution >= 0.6 is 0 Å². The second kappa shape index (κ2) is 4.63. The van der Waals surface area contributed by atoms with Crippen molar-refractivity contribution in [2.24, 2.45) is 17.8 Å². The zero-order valence-corrected chi connectivity index (χ0v) is 9.54. The molecule has 0 saturated carbocycles. The number of rotatable bonds is 2. The van der Waals surface area contributed by atoms with Gasteiger partial charge in [0.2, 0.25) is 0 Å². The monoisotopic (exact) mass is 196 g/mol. The summed E-state index contributed by atoms with van der Waals surface area (Å²) in [5.74, 6) is 2.21. The highest BCUT2D eigenvalue weighted by Crippen LogP contribution is 2.33. The highest BCUT2D eigenvalue weighted by Gasteiger charge is 2.25. The van der Waals surface area contributed by atoms with E-state index in [1.54, 1.807) is 0 Å². The Labute approximate surface area is 86.3 Å². The number of hydrogen-bond donors (Lipinski definition) is 0. The van der Waals surface area contributed by atoms with Crippen molar-refractivity contribution in [1.82, 2.24) is 0 Å². The summed E-state index contributed by atoms with van der Waals surface area (Å²) in [6.45, 7) is 7.99. The molecule has 1 aliphatic rings. The van der Waals surface area contributed by atoms with Crippen molar-refractivity contribution >= 4 is 5.97 Å². The van der Waals surface area contributed by atoms with E-state index in [1.165, 1.54) is 13.3 Å². The van der Waals surface area contributed by atoms with Gasteiger partial charge in [0.1, 0.15) is 5.76 Å². The molecule has 80 valence electrons. The van der Waals surface area contributed by atoms with Crippen LogP contribution in [0.4, 0.5) is 0 Å². The highest BCUT2D eigenvalue weighted by molar-refractivity contribution is 5.67. The van der Waals surface area contributed by atoms with E-state index in [2.05, 4.69) is 26.8 Å². The number of carbonyl (C=O) groups excluding carboxylic acids is 1. The molecule has 0 fully saturated rings. The quantitative estimate of drug-likeness (QED) is 0.634. The largest absolute Gasteiger partial charge is 0.431 e. The van der Waals surface area contributed by atoms with Crippen molar-refractivity contribution in [3.63, 3.8) is 0 Å². The first-order valence-electron chi connectivity index (χ1n) is 5.40. The molecule has 0 aromatic rings. The van der Waals surface area contributed by atoms with Gasteiger partial charge < -0.3 is 4.74 Å². The fourth-order valence-electron chi connectivity index (χ4n) is 2.01. The number of esters is 1. The summed E-state index contributed by atoms with van der Waals surface area (Å²) in [6, 6.07) is 0. The van der Waals surface area contributed by atoms with E-state index in [4.69, 9.17) is 4.74 Å². The van der Waals surface area contributed by atoms with E-state index in [1.807, 2.05) is 0 Å². The lowest BCUT2D eigenvalue weighted by molar-refractivity contribution is -0.138. The summed E-state index contributed by atoms with van der Waals surface area (Å²) in [7, 11) is 0. The van der Waals surface area contributed by atoms with Crippen LogP contribution in [0.3, 0.4) is 0 Å². The predicted molar refractivity (Wildman–Crippen MR) is 56.6 cm³/mol. The summed E-state index contributed by atoms with van der Waals surface area (Å²) in [5.41, 5.74) is 0. The van der Waals surface area contributed by atoms with Gasteiger partial charge in [-0.05, 0) is 30.8 Å². The van der Waals surface area contributed by atoms with Gasteiger partial charge in [-0.15, -0.1) is 0 Å². The van der Waals surface area contributed by atoms with Crippen LogP contribution in [0.15, 0.2) is 11.8 Å². The molecule has 0 N–H and O–H groups in total. The van der Waals surface area contributed by atoms with Gasteiger partial charge in [0.25, 0.3) is 0 Å². The second-order valence-electron chi connectivity index (χ2n) is 4.57. The first-order chi connectivity index (χ1) is 6.50. The van der Waals surface area contributed by atoms with E-state index in [-0.39, 0.29) is 5.97 Å².